The maximum absolute atomic E-state index is 12.9. The van der Waals surface area contributed by atoms with Crippen LogP contribution in [0.2, 0.25) is 0 Å². The fraction of sp³-hybridized carbons (Fsp3) is 0.0690. The number of anilines is 1. The van der Waals surface area contributed by atoms with Crippen LogP contribution in [0, 0.1) is 0 Å². The molecule has 0 saturated carbocycles. The molecule has 1 amide bonds. The van der Waals surface area contributed by atoms with Crippen LogP contribution in [0.4, 0.5) is 5.88 Å². The first-order valence-electron chi connectivity index (χ1n) is 11.3. The van der Waals surface area contributed by atoms with Crippen molar-refractivity contribution in [2.24, 2.45) is 0 Å². The van der Waals surface area contributed by atoms with Crippen molar-refractivity contribution in [3.8, 4) is 34.1 Å². The number of aromatic nitrogens is 1. The number of benzene rings is 3. The molecule has 0 atom stereocenters. The van der Waals surface area contributed by atoms with Crippen LogP contribution in [0.25, 0.3) is 28.2 Å². The third-order valence-electron chi connectivity index (χ3n) is 5.80. The first kappa shape index (κ1) is 23.3. The number of methoxy groups -OCH3 is 1. The molecule has 1 heterocycles. The molecule has 1 aromatic heterocycles. The van der Waals surface area contributed by atoms with E-state index in [1.807, 2.05) is 54.6 Å². The van der Waals surface area contributed by atoms with Gasteiger partial charge >= 0.3 is 0 Å². The molecule has 1 aliphatic carbocycles. The molecule has 0 aliphatic heterocycles. The topological polar surface area (TPSA) is 84.6 Å². The molecule has 5 rings (SSSR count). The second kappa shape index (κ2) is 10.0. The number of phenols is 1. The summed E-state index contributed by atoms with van der Waals surface area (Å²) >= 11 is 5.54. The number of carbonyl (C=O) groups excluding carboxylic acids is 1. The number of phenolic OH excluding ortho intramolecular Hbond substituents is 1. The number of rotatable bonds is 6. The monoisotopic (exact) mass is 494 g/mol. The number of allylic oxidation sites excluding steroid dienone is 4. The van der Waals surface area contributed by atoms with E-state index in [9.17, 15) is 9.90 Å². The molecule has 6 nitrogen and oxygen atoms in total. The number of nitrogens with one attached hydrogen (secondary N) is 1. The van der Waals surface area contributed by atoms with Gasteiger partial charge in [0.2, 0.25) is 11.8 Å². The molecule has 4 aromatic rings. The average Bonchev–Trinajstić information content (AvgIpc) is 3.32. The fourth-order valence-corrected chi connectivity index (χ4v) is 4.16. The summed E-state index contributed by atoms with van der Waals surface area (Å²) in [5, 5.41) is 13.7. The lowest BCUT2D eigenvalue weighted by atomic mass is 10.0. The number of amides is 1. The molecular formula is C29H22N2O4S. The number of aromatic hydroxyl groups is 1. The first-order chi connectivity index (χ1) is 17.5. The van der Waals surface area contributed by atoms with Gasteiger partial charge < -0.3 is 14.3 Å². The van der Waals surface area contributed by atoms with Crippen LogP contribution in [-0.4, -0.2) is 28.0 Å². The van der Waals surface area contributed by atoms with Crippen LogP contribution in [0.1, 0.15) is 22.5 Å². The van der Waals surface area contributed by atoms with Crippen LogP contribution < -0.4 is 10.1 Å². The summed E-state index contributed by atoms with van der Waals surface area (Å²) in [5.74, 6) is 0.752. The van der Waals surface area contributed by atoms with Gasteiger partial charge in [-0.15, -0.1) is 0 Å². The number of nitrogens with zero attached hydrogens (tertiary/aromatic N) is 1. The predicted octanol–water partition coefficient (Wildman–Crippen LogP) is 6.69. The SMILES string of the molecule is COc1ccc(-c2ccc(-c3nc(C4=CC=CCC4=S)c(NC(=O)c4ccccc4)o3)c(O)c2)cc1. The van der Waals surface area contributed by atoms with Gasteiger partial charge in [-0.05, 0) is 47.5 Å². The van der Waals surface area contributed by atoms with Gasteiger partial charge in [0.15, 0.2) is 0 Å². The Hall–Kier alpha value is -4.49. The number of ether oxygens (including phenoxy) is 1. The third-order valence-corrected chi connectivity index (χ3v) is 6.19. The number of hydrogen-bond acceptors (Lipinski definition) is 6. The normalized spacial score (nSPS) is 12.8. The highest BCUT2D eigenvalue weighted by Gasteiger charge is 2.24. The van der Waals surface area contributed by atoms with Crippen molar-refractivity contribution >= 4 is 34.4 Å². The lowest BCUT2D eigenvalue weighted by Crippen LogP contribution is -2.13. The van der Waals surface area contributed by atoms with E-state index in [1.165, 1.54) is 0 Å². The van der Waals surface area contributed by atoms with Crippen LogP contribution in [0.5, 0.6) is 11.5 Å². The molecule has 0 bridgehead atoms. The third kappa shape index (κ3) is 4.69. The fourth-order valence-electron chi connectivity index (χ4n) is 3.90. The van der Waals surface area contributed by atoms with Crippen LogP contribution >= 0.6 is 12.2 Å². The molecule has 0 fully saturated rings. The van der Waals surface area contributed by atoms with Crippen molar-refractivity contribution in [2.45, 2.75) is 6.42 Å². The lowest BCUT2D eigenvalue weighted by molar-refractivity contribution is 0.102. The zero-order valence-electron chi connectivity index (χ0n) is 19.4. The van der Waals surface area contributed by atoms with E-state index in [2.05, 4.69) is 10.3 Å². The Morgan fingerprint density at radius 2 is 1.81 bits per heavy atom. The summed E-state index contributed by atoms with van der Waals surface area (Å²) in [7, 11) is 1.61. The second-order valence-electron chi connectivity index (χ2n) is 8.11. The largest absolute Gasteiger partial charge is 0.507 e. The predicted molar refractivity (Wildman–Crippen MR) is 144 cm³/mol. The van der Waals surface area contributed by atoms with Crippen molar-refractivity contribution < 1.29 is 19.1 Å². The number of oxazole rings is 1. The van der Waals surface area contributed by atoms with Gasteiger partial charge in [-0.25, -0.2) is 4.98 Å². The smallest absolute Gasteiger partial charge is 0.258 e. The summed E-state index contributed by atoms with van der Waals surface area (Å²) in [6.07, 6.45) is 6.29. The summed E-state index contributed by atoms with van der Waals surface area (Å²) < 4.78 is 11.2. The number of carbonyl (C=O) groups is 1. The molecule has 36 heavy (non-hydrogen) atoms. The quantitative estimate of drug-likeness (QED) is 0.291. The van der Waals surface area contributed by atoms with E-state index in [4.69, 9.17) is 21.4 Å². The molecule has 0 unspecified atom stereocenters. The molecule has 0 radical (unpaired) electrons. The molecule has 7 heteroatoms. The van der Waals surface area contributed by atoms with Gasteiger partial charge in [0, 0.05) is 22.4 Å². The van der Waals surface area contributed by atoms with Crippen molar-refractivity contribution in [2.75, 3.05) is 12.4 Å². The van der Waals surface area contributed by atoms with E-state index >= 15 is 0 Å². The molecule has 0 spiro atoms. The van der Waals surface area contributed by atoms with Gasteiger partial charge in [0.25, 0.3) is 5.91 Å². The number of thiocarbonyl (C=S) groups is 1. The highest BCUT2D eigenvalue weighted by molar-refractivity contribution is 7.81. The van der Waals surface area contributed by atoms with E-state index < -0.39 is 0 Å². The minimum Gasteiger partial charge on any atom is -0.507 e. The Balaban J connectivity index is 1.52. The lowest BCUT2D eigenvalue weighted by Gasteiger charge is -2.09. The molecule has 2 N–H and O–H groups in total. The maximum atomic E-state index is 12.9. The van der Waals surface area contributed by atoms with Crippen molar-refractivity contribution in [1.82, 2.24) is 4.98 Å². The molecule has 178 valence electrons. The highest BCUT2D eigenvalue weighted by Crippen LogP contribution is 2.38. The maximum Gasteiger partial charge on any atom is 0.258 e. The van der Waals surface area contributed by atoms with Crippen LogP contribution in [0.3, 0.4) is 0 Å². The Morgan fingerprint density at radius 1 is 1.06 bits per heavy atom. The minimum absolute atomic E-state index is 0.00264. The molecular weight excluding hydrogens is 472 g/mol. The zero-order chi connectivity index (χ0) is 25.1. The van der Waals surface area contributed by atoms with E-state index in [0.29, 0.717) is 33.7 Å². The van der Waals surface area contributed by atoms with E-state index in [0.717, 1.165) is 16.9 Å². The average molecular weight is 495 g/mol. The summed E-state index contributed by atoms with van der Waals surface area (Å²) in [4.78, 5) is 18.2. The first-order valence-corrected chi connectivity index (χ1v) is 11.7. The second-order valence-corrected chi connectivity index (χ2v) is 8.61. The van der Waals surface area contributed by atoms with Gasteiger partial charge in [-0.2, -0.15) is 0 Å². The van der Waals surface area contributed by atoms with Gasteiger partial charge in [-0.1, -0.05) is 66.8 Å². The summed E-state index contributed by atoms with van der Waals surface area (Å²) in [5.41, 5.74) is 3.73. The summed E-state index contributed by atoms with van der Waals surface area (Å²) in [6, 6.07) is 21.6. The highest BCUT2D eigenvalue weighted by atomic mass is 32.1. The van der Waals surface area contributed by atoms with Gasteiger partial charge in [-0.3, -0.25) is 10.1 Å². The molecule has 3 aromatic carbocycles. The Kier molecular flexibility index (Phi) is 6.47. The molecule has 0 saturated heterocycles. The van der Waals surface area contributed by atoms with E-state index in [1.54, 1.807) is 43.5 Å². The van der Waals surface area contributed by atoms with Crippen molar-refractivity contribution in [3.05, 3.63) is 102 Å². The van der Waals surface area contributed by atoms with Gasteiger partial charge in [0.05, 0.1) is 12.7 Å². The Morgan fingerprint density at radius 3 is 2.50 bits per heavy atom. The van der Waals surface area contributed by atoms with Crippen LogP contribution in [0.15, 0.2) is 95.4 Å². The number of hydrogen-bond donors (Lipinski definition) is 2. The van der Waals surface area contributed by atoms with Crippen LogP contribution in [-0.2, 0) is 0 Å². The van der Waals surface area contributed by atoms with Gasteiger partial charge in [0.1, 0.15) is 17.2 Å². The minimum atomic E-state index is -0.337. The summed E-state index contributed by atoms with van der Waals surface area (Å²) in [6.45, 7) is 0. The van der Waals surface area contributed by atoms with Crippen molar-refractivity contribution in [3.63, 3.8) is 0 Å². The van der Waals surface area contributed by atoms with E-state index in [-0.39, 0.29) is 23.4 Å². The zero-order valence-corrected chi connectivity index (χ0v) is 20.2. The Labute approximate surface area is 213 Å². The standard InChI is InChI=1S/C29H22N2O4S/c1-34-21-14-11-18(12-15-21)20-13-16-22(24(32)17-20)28-30-26(23-9-5-6-10-25(23)36)29(35-28)31-27(33)19-7-3-2-4-8-19/h2-9,11-17,32H,10H2,1H3,(H,31,33). The van der Waals surface area contributed by atoms with Crippen molar-refractivity contribution in [1.29, 1.82) is 0 Å². The Bertz CT molecular complexity index is 1500. The molecule has 1 aliphatic rings.